The Bertz CT molecular complexity index is 547. The third-order valence-corrected chi connectivity index (χ3v) is 4.24. The third-order valence-electron chi connectivity index (χ3n) is 3.58. The smallest absolute Gasteiger partial charge is 0.321 e. The molecule has 2 rings (SSSR count). The summed E-state index contributed by atoms with van der Waals surface area (Å²) in [7, 11) is 0. The number of hydrogen-bond donors (Lipinski definition) is 2. The zero-order valence-corrected chi connectivity index (χ0v) is 13.0. The first kappa shape index (κ1) is 14.8. The van der Waals surface area contributed by atoms with Crippen molar-refractivity contribution in [2.45, 2.75) is 13.8 Å². The second-order valence-electron chi connectivity index (χ2n) is 5.24. The van der Waals surface area contributed by atoms with Crippen molar-refractivity contribution in [1.29, 1.82) is 0 Å². The summed E-state index contributed by atoms with van der Waals surface area (Å²) in [4.78, 5) is 24.8. The number of likely N-dealkylation sites (tertiary alicyclic amines) is 1. The molecule has 0 saturated carbocycles. The molecule has 1 aliphatic heterocycles. The van der Waals surface area contributed by atoms with Crippen LogP contribution < -0.4 is 5.32 Å². The first-order valence-corrected chi connectivity index (χ1v) is 7.22. The third kappa shape index (κ3) is 3.12. The highest BCUT2D eigenvalue weighted by molar-refractivity contribution is 9.10. The van der Waals surface area contributed by atoms with Crippen LogP contribution in [0.25, 0.3) is 0 Å². The number of hydrogen-bond acceptors (Lipinski definition) is 2. The van der Waals surface area contributed by atoms with E-state index in [1.165, 1.54) is 0 Å². The molecule has 0 unspecified atom stereocenters. The van der Waals surface area contributed by atoms with Crippen molar-refractivity contribution in [2.75, 3.05) is 18.4 Å². The van der Waals surface area contributed by atoms with E-state index in [0.717, 1.165) is 10.0 Å². The van der Waals surface area contributed by atoms with Crippen molar-refractivity contribution >= 4 is 33.6 Å². The maximum Gasteiger partial charge on any atom is 0.321 e. The molecular formula is C14H17BrN2O3. The first-order chi connectivity index (χ1) is 9.38. The van der Waals surface area contributed by atoms with Crippen LogP contribution in [-0.2, 0) is 4.79 Å². The summed E-state index contributed by atoms with van der Waals surface area (Å²) >= 11 is 3.40. The normalized spacial score (nSPS) is 21.9. The zero-order valence-electron chi connectivity index (χ0n) is 11.4. The van der Waals surface area contributed by atoms with Gasteiger partial charge in [-0.3, -0.25) is 4.79 Å². The molecule has 5 nitrogen and oxygen atoms in total. The zero-order chi connectivity index (χ0) is 14.9. The van der Waals surface area contributed by atoms with Gasteiger partial charge in [-0.2, -0.15) is 0 Å². The molecule has 6 heteroatoms. The molecule has 0 aromatic heterocycles. The summed E-state index contributed by atoms with van der Waals surface area (Å²) in [6.07, 6.45) is 0. The Balaban J connectivity index is 2.04. The molecular weight excluding hydrogens is 324 g/mol. The number of carboxylic acids is 1. The molecule has 20 heavy (non-hydrogen) atoms. The lowest BCUT2D eigenvalue weighted by atomic mass is 9.99. The van der Waals surface area contributed by atoms with Crippen LogP contribution in [0.5, 0.6) is 0 Å². The SMILES string of the molecule is Cc1ccc(NC(=O)N2C[C@@H](C)[C@H](C(=O)O)C2)c(Br)c1. The van der Waals surface area contributed by atoms with Crippen LogP contribution in [0, 0.1) is 18.8 Å². The predicted octanol–water partition coefficient (Wildman–Crippen LogP) is 2.94. The molecule has 0 radical (unpaired) electrons. The van der Waals surface area contributed by atoms with Gasteiger partial charge in [0.05, 0.1) is 11.6 Å². The first-order valence-electron chi connectivity index (χ1n) is 6.43. The molecule has 1 aromatic carbocycles. The van der Waals surface area contributed by atoms with Crippen molar-refractivity contribution in [1.82, 2.24) is 4.90 Å². The number of anilines is 1. The Hall–Kier alpha value is -1.56. The van der Waals surface area contributed by atoms with Crippen LogP contribution in [0.3, 0.4) is 0 Å². The van der Waals surface area contributed by atoms with Crippen molar-refractivity contribution in [3.8, 4) is 0 Å². The standard InChI is InChI=1S/C14H17BrN2O3/c1-8-3-4-12(11(15)5-8)16-14(20)17-6-9(2)10(7-17)13(18)19/h3-5,9-10H,6-7H2,1-2H3,(H,16,20)(H,18,19)/t9-,10-/m1/s1. The maximum absolute atomic E-state index is 12.2. The molecule has 1 fully saturated rings. The highest BCUT2D eigenvalue weighted by atomic mass is 79.9. The number of nitrogens with zero attached hydrogens (tertiary/aromatic N) is 1. The van der Waals surface area contributed by atoms with E-state index in [1.807, 2.05) is 32.0 Å². The highest BCUT2D eigenvalue weighted by Crippen LogP contribution is 2.26. The van der Waals surface area contributed by atoms with Crippen molar-refractivity contribution < 1.29 is 14.7 Å². The van der Waals surface area contributed by atoms with Crippen LogP contribution in [0.4, 0.5) is 10.5 Å². The quantitative estimate of drug-likeness (QED) is 0.869. The minimum Gasteiger partial charge on any atom is -0.481 e. The Morgan fingerprint density at radius 3 is 2.65 bits per heavy atom. The summed E-state index contributed by atoms with van der Waals surface area (Å²) < 4.78 is 0.813. The second kappa shape index (κ2) is 5.83. The average molecular weight is 341 g/mol. The van der Waals surface area contributed by atoms with Crippen LogP contribution in [0.2, 0.25) is 0 Å². The van der Waals surface area contributed by atoms with E-state index >= 15 is 0 Å². The fourth-order valence-corrected chi connectivity index (χ4v) is 2.96. The van der Waals surface area contributed by atoms with E-state index in [2.05, 4.69) is 21.2 Å². The second-order valence-corrected chi connectivity index (χ2v) is 6.09. The molecule has 2 amide bonds. The van der Waals surface area contributed by atoms with Gasteiger partial charge in [0.1, 0.15) is 0 Å². The van der Waals surface area contributed by atoms with Gasteiger partial charge < -0.3 is 15.3 Å². The lowest BCUT2D eigenvalue weighted by molar-refractivity contribution is -0.142. The number of aliphatic carboxylic acids is 1. The molecule has 0 spiro atoms. The number of nitrogens with one attached hydrogen (secondary N) is 1. The largest absolute Gasteiger partial charge is 0.481 e. The minimum atomic E-state index is -0.843. The summed E-state index contributed by atoms with van der Waals surface area (Å²) in [6, 6.07) is 5.39. The van der Waals surface area contributed by atoms with E-state index in [4.69, 9.17) is 5.11 Å². The van der Waals surface area contributed by atoms with E-state index in [-0.39, 0.29) is 18.5 Å². The number of halogens is 1. The van der Waals surface area contributed by atoms with Gasteiger partial charge in [0.2, 0.25) is 0 Å². The molecule has 1 heterocycles. The van der Waals surface area contributed by atoms with Gasteiger partial charge in [-0.25, -0.2) is 4.79 Å². The van der Waals surface area contributed by atoms with Crippen molar-refractivity contribution in [3.05, 3.63) is 28.2 Å². The minimum absolute atomic E-state index is 0.0280. The molecule has 2 N–H and O–H groups in total. The number of carboxylic acid groups (broad SMARTS) is 1. The van der Waals surface area contributed by atoms with Gasteiger partial charge in [-0.15, -0.1) is 0 Å². The number of aryl methyl sites for hydroxylation is 1. The fraction of sp³-hybridized carbons (Fsp3) is 0.429. The fourth-order valence-electron chi connectivity index (χ4n) is 2.37. The Kier molecular flexibility index (Phi) is 4.32. The van der Waals surface area contributed by atoms with Crippen LogP contribution in [-0.4, -0.2) is 35.1 Å². The Morgan fingerprint density at radius 1 is 1.40 bits per heavy atom. The lowest BCUT2D eigenvalue weighted by Crippen LogP contribution is -2.33. The maximum atomic E-state index is 12.2. The highest BCUT2D eigenvalue weighted by Gasteiger charge is 2.37. The van der Waals surface area contributed by atoms with Crippen LogP contribution in [0.15, 0.2) is 22.7 Å². The number of rotatable bonds is 2. The predicted molar refractivity (Wildman–Crippen MR) is 79.8 cm³/mol. The van der Waals surface area contributed by atoms with E-state index in [9.17, 15) is 9.59 Å². The number of carbonyl (C=O) groups is 2. The van der Waals surface area contributed by atoms with E-state index < -0.39 is 11.9 Å². The summed E-state index contributed by atoms with van der Waals surface area (Å²) in [5.74, 6) is -1.36. The number of urea groups is 1. The number of carbonyl (C=O) groups excluding carboxylic acids is 1. The van der Waals surface area contributed by atoms with Gasteiger partial charge >= 0.3 is 12.0 Å². The Labute approximate surface area is 126 Å². The van der Waals surface area contributed by atoms with Gasteiger partial charge in [0.15, 0.2) is 0 Å². The molecule has 1 aromatic rings. The van der Waals surface area contributed by atoms with Crippen molar-refractivity contribution in [3.63, 3.8) is 0 Å². The van der Waals surface area contributed by atoms with Crippen LogP contribution in [0.1, 0.15) is 12.5 Å². The van der Waals surface area contributed by atoms with Crippen molar-refractivity contribution in [2.24, 2.45) is 11.8 Å². The monoisotopic (exact) mass is 340 g/mol. The van der Waals surface area contributed by atoms with Crippen LogP contribution >= 0.6 is 15.9 Å². The summed E-state index contributed by atoms with van der Waals surface area (Å²) in [6.45, 7) is 4.54. The molecule has 0 bridgehead atoms. The number of benzene rings is 1. The van der Waals surface area contributed by atoms with Gasteiger partial charge in [0.25, 0.3) is 0 Å². The average Bonchev–Trinajstić information content (AvgIpc) is 2.75. The molecule has 1 aliphatic rings. The topological polar surface area (TPSA) is 69.6 Å². The van der Waals surface area contributed by atoms with Gasteiger partial charge in [-0.05, 0) is 46.5 Å². The summed E-state index contributed by atoms with van der Waals surface area (Å²) in [5.41, 5.74) is 1.78. The molecule has 2 atom stereocenters. The summed E-state index contributed by atoms with van der Waals surface area (Å²) in [5, 5.41) is 11.9. The molecule has 108 valence electrons. The number of amides is 2. The lowest BCUT2D eigenvalue weighted by Gasteiger charge is -2.17. The van der Waals surface area contributed by atoms with Gasteiger partial charge in [0, 0.05) is 17.6 Å². The van der Waals surface area contributed by atoms with Gasteiger partial charge in [-0.1, -0.05) is 13.0 Å². The molecule has 1 saturated heterocycles. The van der Waals surface area contributed by atoms with E-state index in [0.29, 0.717) is 12.2 Å². The Morgan fingerprint density at radius 2 is 2.10 bits per heavy atom. The molecule has 0 aliphatic carbocycles. The van der Waals surface area contributed by atoms with E-state index in [1.54, 1.807) is 4.90 Å².